The molecule has 9 heteroatoms. The number of ether oxygens (including phenoxy) is 1. The van der Waals surface area contributed by atoms with Gasteiger partial charge in [0.05, 0.1) is 12.4 Å². The number of aliphatic hydroxyl groups excluding tert-OH is 2. The lowest BCUT2D eigenvalue weighted by Crippen LogP contribution is -2.32. The summed E-state index contributed by atoms with van der Waals surface area (Å²) >= 11 is 1.55. The Morgan fingerprint density at radius 1 is 1.33 bits per heavy atom. The fraction of sp³-hybridized carbons (Fsp3) is 0.533. The Morgan fingerprint density at radius 3 is 2.96 bits per heavy atom. The standard InChI is InChI=1S/C15H21N5O3S/c1-2-3-4-5-24-6-9-11(21)12(22)15(23-9)20-8-19-10-13(16)17-7-18-14(10)20/h4-5,7-9,11-12,15,21-22H,2-3,6H2,1H3,(H2,16,17,18)/t9-,11-,12-,15-/m1/s1. The van der Waals surface area contributed by atoms with Crippen molar-refractivity contribution in [2.45, 2.75) is 44.3 Å². The molecule has 0 aromatic carbocycles. The number of aromatic nitrogens is 4. The number of anilines is 1. The third-order valence-electron chi connectivity index (χ3n) is 3.91. The van der Waals surface area contributed by atoms with Crippen molar-refractivity contribution in [1.82, 2.24) is 19.5 Å². The van der Waals surface area contributed by atoms with Crippen molar-refractivity contribution in [3.05, 3.63) is 24.1 Å². The van der Waals surface area contributed by atoms with Crippen LogP contribution in [0.5, 0.6) is 0 Å². The number of imidazole rings is 1. The SMILES string of the molecule is CCCC=CSC[C@H]1O[C@@H](n2cnc3c(N)ncnc32)[C@H](O)[C@@H]1O. The second-order valence-corrected chi connectivity index (χ2v) is 6.56. The summed E-state index contributed by atoms with van der Waals surface area (Å²) in [5.74, 6) is 0.818. The Labute approximate surface area is 143 Å². The molecular weight excluding hydrogens is 330 g/mol. The van der Waals surface area contributed by atoms with Crippen LogP contribution in [0.1, 0.15) is 26.0 Å². The molecule has 0 unspecified atom stereocenters. The van der Waals surface area contributed by atoms with E-state index in [1.54, 1.807) is 16.3 Å². The van der Waals surface area contributed by atoms with Crippen LogP contribution in [0, 0.1) is 0 Å². The largest absolute Gasteiger partial charge is 0.387 e. The highest BCUT2D eigenvalue weighted by Gasteiger charge is 2.44. The molecule has 24 heavy (non-hydrogen) atoms. The van der Waals surface area contributed by atoms with Crippen LogP contribution in [0.2, 0.25) is 0 Å². The van der Waals surface area contributed by atoms with Crippen molar-refractivity contribution in [1.29, 1.82) is 0 Å². The molecule has 0 amide bonds. The summed E-state index contributed by atoms with van der Waals surface area (Å²) in [6, 6.07) is 0. The molecule has 1 fully saturated rings. The molecule has 0 spiro atoms. The van der Waals surface area contributed by atoms with Gasteiger partial charge >= 0.3 is 0 Å². The maximum absolute atomic E-state index is 10.3. The number of nitrogens with two attached hydrogens (primary N) is 1. The van der Waals surface area contributed by atoms with Crippen LogP contribution in [0.4, 0.5) is 5.82 Å². The summed E-state index contributed by atoms with van der Waals surface area (Å²) in [4.78, 5) is 12.2. The van der Waals surface area contributed by atoms with Crippen LogP contribution in [0.25, 0.3) is 11.2 Å². The Morgan fingerprint density at radius 2 is 2.17 bits per heavy atom. The maximum Gasteiger partial charge on any atom is 0.167 e. The van der Waals surface area contributed by atoms with E-state index < -0.39 is 24.5 Å². The summed E-state index contributed by atoms with van der Waals surface area (Å²) in [5.41, 5.74) is 6.69. The van der Waals surface area contributed by atoms with Gasteiger partial charge in [-0.25, -0.2) is 15.0 Å². The molecule has 1 saturated heterocycles. The predicted octanol–water partition coefficient (Wildman–Crippen LogP) is 1.07. The van der Waals surface area contributed by atoms with Crippen LogP contribution in [0.15, 0.2) is 24.1 Å². The van der Waals surface area contributed by atoms with Crippen molar-refractivity contribution in [3.63, 3.8) is 0 Å². The average Bonchev–Trinajstić information content (AvgIpc) is 3.12. The first-order chi connectivity index (χ1) is 11.6. The minimum absolute atomic E-state index is 0.264. The molecular formula is C15H21N5O3S. The number of hydrogen-bond donors (Lipinski definition) is 3. The van der Waals surface area contributed by atoms with Gasteiger partial charge < -0.3 is 20.7 Å². The first-order valence-electron chi connectivity index (χ1n) is 7.84. The number of fused-ring (bicyclic) bond motifs is 1. The number of allylic oxidation sites excluding steroid dienone is 1. The molecule has 0 saturated carbocycles. The Bertz CT molecular complexity index is 722. The highest BCUT2D eigenvalue weighted by Crippen LogP contribution is 2.33. The van der Waals surface area contributed by atoms with E-state index in [-0.39, 0.29) is 5.82 Å². The van der Waals surface area contributed by atoms with Gasteiger partial charge in [0.15, 0.2) is 17.7 Å². The number of hydrogen-bond acceptors (Lipinski definition) is 8. The highest BCUT2D eigenvalue weighted by molar-refractivity contribution is 8.02. The molecule has 3 heterocycles. The predicted molar refractivity (Wildman–Crippen MR) is 92.2 cm³/mol. The minimum atomic E-state index is -1.07. The molecule has 1 aliphatic heterocycles. The van der Waals surface area contributed by atoms with E-state index in [1.807, 2.05) is 5.41 Å². The summed E-state index contributed by atoms with van der Waals surface area (Å²) < 4.78 is 7.43. The zero-order chi connectivity index (χ0) is 17.1. The fourth-order valence-electron chi connectivity index (χ4n) is 2.61. The quantitative estimate of drug-likeness (QED) is 0.707. The molecule has 0 bridgehead atoms. The molecule has 4 N–H and O–H groups in total. The van der Waals surface area contributed by atoms with Crippen molar-refractivity contribution in [2.24, 2.45) is 0 Å². The first-order valence-corrected chi connectivity index (χ1v) is 8.89. The molecule has 0 aliphatic carbocycles. The third-order valence-corrected chi connectivity index (χ3v) is 4.81. The average molecular weight is 351 g/mol. The molecule has 8 nitrogen and oxygen atoms in total. The number of rotatable bonds is 6. The molecule has 2 aromatic heterocycles. The number of unbranched alkanes of at least 4 members (excludes halogenated alkanes) is 1. The summed E-state index contributed by atoms with van der Waals surface area (Å²) in [6.07, 6.45) is 3.76. The summed E-state index contributed by atoms with van der Waals surface area (Å²) in [7, 11) is 0. The number of aliphatic hydroxyl groups is 2. The van der Waals surface area contributed by atoms with E-state index in [0.717, 1.165) is 12.8 Å². The Hall–Kier alpha value is -1.68. The normalized spacial score (nSPS) is 27.5. The monoisotopic (exact) mass is 351 g/mol. The van der Waals surface area contributed by atoms with Crippen LogP contribution in [-0.2, 0) is 4.74 Å². The number of thioether (sulfide) groups is 1. The summed E-state index contributed by atoms with van der Waals surface area (Å²) in [6.45, 7) is 2.12. The lowest BCUT2D eigenvalue weighted by atomic mass is 10.1. The molecule has 0 radical (unpaired) electrons. The lowest BCUT2D eigenvalue weighted by molar-refractivity contribution is -0.0288. The number of nitrogens with zero attached hydrogens (tertiary/aromatic N) is 4. The van der Waals surface area contributed by atoms with Crippen LogP contribution < -0.4 is 5.73 Å². The van der Waals surface area contributed by atoms with Gasteiger partial charge in [0.2, 0.25) is 0 Å². The molecule has 1 aliphatic rings. The van der Waals surface area contributed by atoms with Crippen molar-refractivity contribution in [2.75, 3.05) is 11.5 Å². The van der Waals surface area contributed by atoms with E-state index in [9.17, 15) is 10.2 Å². The second kappa shape index (κ2) is 7.47. The topological polar surface area (TPSA) is 119 Å². The third kappa shape index (κ3) is 3.25. The Kier molecular flexibility index (Phi) is 5.34. The van der Waals surface area contributed by atoms with Gasteiger partial charge in [-0.1, -0.05) is 19.4 Å². The zero-order valence-electron chi connectivity index (χ0n) is 13.3. The van der Waals surface area contributed by atoms with Gasteiger partial charge in [0.1, 0.15) is 24.1 Å². The van der Waals surface area contributed by atoms with E-state index >= 15 is 0 Å². The fourth-order valence-corrected chi connectivity index (χ4v) is 3.45. The second-order valence-electron chi connectivity index (χ2n) is 5.62. The molecule has 3 rings (SSSR count). The van der Waals surface area contributed by atoms with Gasteiger partial charge in [-0.3, -0.25) is 4.57 Å². The van der Waals surface area contributed by atoms with Crippen molar-refractivity contribution >= 4 is 28.7 Å². The Balaban J connectivity index is 1.73. The molecule has 2 aromatic rings. The van der Waals surface area contributed by atoms with Gasteiger partial charge in [-0.15, -0.1) is 11.8 Å². The van der Waals surface area contributed by atoms with Gasteiger partial charge in [0, 0.05) is 5.75 Å². The molecule has 4 atom stereocenters. The van der Waals surface area contributed by atoms with Crippen LogP contribution in [-0.4, -0.2) is 53.8 Å². The van der Waals surface area contributed by atoms with E-state index in [4.69, 9.17) is 10.5 Å². The summed E-state index contributed by atoms with van der Waals surface area (Å²) in [5, 5.41) is 22.6. The highest BCUT2D eigenvalue weighted by atomic mass is 32.2. The van der Waals surface area contributed by atoms with Crippen LogP contribution in [0.3, 0.4) is 0 Å². The minimum Gasteiger partial charge on any atom is -0.387 e. The lowest BCUT2D eigenvalue weighted by Gasteiger charge is -2.16. The van der Waals surface area contributed by atoms with Crippen molar-refractivity contribution in [3.8, 4) is 0 Å². The first kappa shape index (κ1) is 17.2. The van der Waals surface area contributed by atoms with Gasteiger partial charge in [-0.2, -0.15) is 0 Å². The maximum atomic E-state index is 10.3. The van der Waals surface area contributed by atoms with Crippen molar-refractivity contribution < 1.29 is 14.9 Å². The number of nitrogen functional groups attached to an aromatic ring is 1. The van der Waals surface area contributed by atoms with Gasteiger partial charge in [-0.05, 0) is 11.8 Å². The van der Waals surface area contributed by atoms with E-state index in [1.165, 1.54) is 12.7 Å². The van der Waals surface area contributed by atoms with E-state index in [2.05, 4.69) is 28.0 Å². The molecule has 130 valence electrons. The smallest absolute Gasteiger partial charge is 0.167 e. The van der Waals surface area contributed by atoms with Gasteiger partial charge in [0.25, 0.3) is 0 Å². The zero-order valence-corrected chi connectivity index (χ0v) is 14.1. The van der Waals surface area contributed by atoms with E-state index in [0.29, 0.717) is 16.9 Å². The van der Waals surface area contributed by atoms with Crippen LogP contribution >= 0.6 is 11.8 Å².